The minimum Gasteiger partial charge on any atom is -0.482 e. The number of ether oxygens (including phenoxy) is 6. The minimum atomic E-state index is -0.362. The lowest BCUT2D eigenvalue weighted by atomic mass is 10.0. The number of carbonyl (C=O) groups excluding carboxylic acids is 3. The molecule has 0 saturated carbocycles. The number of nitrogens with one attached hydrogen (secondary N) is 1. The van der Waals surface area contributed by atoms with Gasteiger partial charge >= 0.3 is 17.9 Å². The number of hydrogen-bond acceptors (Lipinski definition) is 9. The maximum Gasteiger partial charge on any atom is 0.344 e. The molecule has 8 aromatic carbocycles. The molecular formula is C87H99ClN3O9+. The predicted octanol–water partition coefficient (Wildman–Crippen LogP) is 21.4. The van der Waals surface area contributed by atoms with Gasteiger partial charge in [0, 0.05) is 57.8 Å². The Labute approximate surface area is 597 Å². The van der Waals surface area contributed by atoms with E-state index in [-0.39, 0.29) is 37.7 Å². The molecule has 100 heavy (non-hydrogen) atoms. The average Bonchev–Trinajstić information content (AvgIpc) is 1.62. The molecule has 0 aliphatic heterocycles. The van der Waals surface area contributed by atoms with Crippen LogP contribution in [0.5, 0.6) is 17.2 Å². The van der Waals surface area contributed by atoms with Gasteiger partial charge < -0.3 is 42.5 Å². The third kappa shape index (κ3) is 22.1. The van der Waals surface area contributed by atoms with Crippen molar-refractivity contribution in [1.82, 2.24) is 14.1 Å². The largest absolute Gasteiger partial charge is 0.482 e. The first-order chi connectivity index (χ1) is 48.6. The molecule has 1 aliphatic rings. The number of allylic oxidation sites excluding steroid dienone is 6. The van der Waals surface area contributed by atoms with Crippen molar-refractivity contribution in [3.63, 3.8) is 0 Å². The van der Waals surface area contributed by atoms with Gasteiger partial charge in [0.2, 0.25) is 0 Å². The van der Waals surface area contributed by atoms with E-state index in [1.807, 2.05) is 126 Å². The van der Waals surface area contributed by atoms with Crippen molar-refractivity contribution in [2.75, 3.05) is 39.6 Å². The summed E-state index contributed by atoms with van der Waals surface area (Å²) >= 11 is 5.63. The van der Waals surface area contributed by atoms with Crippen LogP contribution in [0.15, 0.2) is 212 Å². The van der Waals surface area contributed by atoms with E-state index in [2.05, 4.69) is 177 Å². The summed E-state index contributed by atoms with van der Waals surface area (Å²) in [7, 11) is 0. The van der Waals surface area contributed by atoms with Crippen LogP contribution in [0.3, 0.4) is 0 Å². The molecule has 3 heterocycles. The highest BCUT2D eigenvalue weighted by atomic mass is 35.5. The fourth-order valence-electron chi connectivity index (χ4n) is 11.3. The second-order valence-corrected chi connectivity index (χ2v) is 23.0. The number of nitrogens with zero attached hydrogens (tertiary/aromatic N) is 2. The third-order valence-corrected chi connectivity index (χ3v) is 16.2. The Morgan fingerprint density at radius 2 is 0.810 bits per heavy atom. The Balaban J connectivity index is 0.000000213. The number of aromatic nitrogens is 3. The fraction of sp³-hybridized carbons (Fsp3) is 0.276. The molecule has 0 amide bonds. The molecule has 3 aromatic heterocycles. The fourth-order valence-corrected chi connectivity index (χ4v) is 11.5. The first-order valence-corrected chi connectivity index (χ1v) is 35.2. The molecule has 0 saturated heterocycles. The zero-order valence-corrected chi connectivity index (χ0v) is 61.8. The van der Waals surface area contributed by atoms with Crippen LogP contribution in [-0.2, 0) is 47.6 Å². The lowest BCUT2D eigenvalue weighted by Gasteiger charge is -2.13. The molecule has 0 bridgehead atoms. The number of rotatable bonds is 20. The summed E-state index contributed by atoms with van der Waals surface area (Å²) < 4.78 is 35.6. The number of hydrogen-bond donors (Lipinski definition) is 1. The molecular weight excluding hydrogens is 1270 g/mol. The quantitative estimate of drug-likeness (QED) is 0.0343. The number of carbonyl (C=O) groups is 3. The highest BCUT2D eigenvalue weighted by Crippen LogP contribution is 2.37. The van der Waals surface area contributed by atoms with Crippen molar-refractivity contribution < 1.29 is 42.8 Å². The van der Waals surface area contributed by atoms with E-state index in [1.54, 1.807) is 32.9 Å². The highest BCUT2D eigenvalue weighted by molar-refractivity contribution is 6.17. The molecule has 0 spiro atoms. The predicted molar refractivity (Wildman–Crippen MR) is 414 cm³/mol. The normalized spacial score (nSPS) is 10.8. The molecule has 1 N–H and O–H groups in total. The summed E-state index contributed by atoms with van der Waals surface area (Å²) in [6.45, 7) is 32.6. The van der Waals surface area contributed by atoms with E-state index < -0.39 is 0 Å². The van der Waals surface area contributed by atoms with Gasteiger partial charge in [0.25, 0.3) is 0 Å². The summed E-state index contributed by atoms with van der Waals surface area (Å²) in [4.78, 5) is 37.5. The second kappa shape index (κ2) is 41.1. The highest BCUT2D eigenvalue weighted by Gasteiger charge is 2.20. The summed E-state index contributed by atoms with van der Waals surface area (Å²) in [6, 6.07) is 63.9. The van der Waals surface area contributed by atoms with Gasteiger partial charge in [-0.25, -0.2) is 14.4 Å². The molecule has 1 aliphatic carbocycles. The number of aryl methyl sites for hydroxylation is 6. The smallest absolute Gasteiger partial charge is 0.344 e. The van der Waals surface area contributed by atoms with Crippen molar-refractivity contribution in [3.05, 3.63) is 274 Å². The number of aromatic amines is 1. The lowest BCUT2D eigenvalue weighted by molar-refractivity contribution is -0.146. The lowest BCUT2D eigenvalue weighted by Crippen LogP contribution is -2.14. The van der Waals surface area contributed by atoms with Crippen LogP contribution in [-0.4, -0.2) is 71.7 Å². The number of esters is 3. The number of benzene rings is 8. The van der Waals surface area contributed by atoms with Crippen molar-refractivity contribution in [2.24, 2.45) is 0 Å². The average molecular weight is 1370 g/mol. The maximum absolute atomic E-state index is 11.5. The Hall–Kier alpha value is -10.4. The van der Waals surface area contributed by atoms with Crippen molar-refractivity contribution >= 4 is 67.8 Å². The molecule has 13 heteroatoms. The van der Waals surface area contributed by atoms with E-state index in [0.29, 0.717) is 42.9 Å². The van der Waals surface area contributed by atoms with Gasteiger partial charge in [-0.15, -0.1) is 11.6 Å². The molecule has 0 unspecified atom stereocenters. The van der Waals surface area contributed by atoms with Crippen LogP contribution in [0, 0.1) is 47.6 Å². The zero-order valence-electron chi connectivity index (χ0n) is 61.0. The van der Waals surface area contributed by atoms with Gasteiger partial charge in [-0.1, -0.05) is 173 Å². The molecule has 0 atom stereocenters. The van der Waals surface area contributed by atoms with Crippen LogP contribution in [0.1, 0.15) is 118 Å². The first-order valence-electron chi connectivity index (χ1n) is 34.7. The molecule has 0 radical (unpaired) electrons. The van der Waals surface area contributed by atoms with Crippen LogP contribution >= 0.6 is 11.6 Å². The van der Waals surface area contributed by atoms with Crippen LogP contribution in [0.25, 0.3) is 60.8 Å². The Morgan fingerprint density at radius 1 is 0.440 bits per heavy atom. The van der Waals surface area contributed by atoms with E-state index in [4.69, 9.17) is 40.0 Å². The Morgan fingerprint density at radius 3 is 1.17 bits per heavy atom. The number of halogens is 1. The molecule has 11 aromatic rings. The number of H-pyrrole nitrogens is 1. The zero-order chi connectivity index (χ0) is 72.5. The van der Waals surface area contributed by atoms with E-state index in [1.165, 1.54) is 99.9 Å². The van der Waals surface area contributed by atoms with Gasteiger partial charge in [-0.2, -0.15) is 0 Å². The Bertz CT molecular complexity index is 4250. The van der Waals surface area contributed by atoms with Gasteiger partial charge in [0.1, 0.15) is 35.0 Å². The van der Waals surface area contributed by atoms with Gasteiger partial charge in [-0.05, 0) is 180 Å². The second-order valence-electron chi connectivity index (χ2n) is 22.7. The van der Waals surface area contributed by atoms with E-state index >= 15 is 0 Å². The molecule has 522 valence electrons. The summed E-state index contributed by atoms with van der Waals surface area (Å²) in [6.07, 6.45) is 11.1. The first kappa shape index (κ1) is 78.6. The van der Waals surface area contributed by atoms with Crippen molar-refractivity contribution in [1.29, 1.82) is 0 Å². The topological polar surface area (TPSA) is 132 Å². The summed E-state index contributed by atoms with van der Waals surface area (Å²) in [5.41, 5.74) is 22.0. The van der Waals surface area contributed by atoms with E-state index in [0.717, 1.165) is 29.8 Å². The summed E-state index contributed by atoms with van der Waals surface area (Å²) in [5, 5.41) is 3.88. The maximum atomic E-state index is 11.5. The van der Waals surface area contributed by atoms with Crippen molar-refractivity contribution in [2.45, 2.75) is 123 Å². The van der Waals surface area contributed by atoms with Gasteiger partial charge in [0.15, 0.2) is 19.8 Å². The standard InChI is InChI=1S/2C27H27NO3.C16H14N.C11H13ClO3.3C2H6/c2*1-4-30-26(29)18-31-23-13-11-21(12-14-23)17-28-25-15-10-19(2)16-24(25)20(3)27(28)22-8-6-5-7-9-22;1-11-8-9-15-14(10-11)12(2)16(17-15)13-6-4-3-5-7-13;1-2-14-11(13)8-15-10-5-3-9(7-12)4-6-10;3*1-2/h2*5-16H,4,17-18H2,1-3H3;4-10,17H,1-2H3;3-6H,2,7-8H2,1H3;3*1-2H3/q;;+1;;;;. The SMILES string of the molecule is CC.CC.CC.CCOC(=O)COc1ccc(CCl)cc1.CCOC(=O)COc1ccc(Cn2c(-c3ccccc3)c(C)c3cc(C)ccc32)cc1.CCOC(=O)COc1ccc(Cn2c(-c3ccccc3)c(C)c3cc(C)ccc32)cc1.Cc1ccc2[nH]c(C3=CC=[C+]C=C3)c(C)c2c1. The third-order valence-electron chi connectivity index (χ3n) is 15.9. The monoisotopic (exact) mass is 1360 g/mol. The van der Waals surface area contributed by atoms with Gasteiger partial charge in [0.05, 0.1) is 49.1 Å². The molecule has 0 fully saturated rings. The van der Waals surface area contributed by atoms with Crippen LogP contribution < -0.4 is 14.2 Å². The number of fused-ring (bicyclic) bond motifs is 3. The molecule has 12 nitrogen and oxygen atoms in total. The number of alkyl halides is 1. The van der Waals surface area contributed by atoms with Crippen molar-refractivity contribution in [3.8, 4) is 39.8 Å². The minimum absolute atomic E-state index is 0.0614. The van der Waals surface area contributed by atoms with Gasteiger partial charge in [-0.3, -0.25) is 0 Å². The molecule has 12 rings (SSSR count). The van der Waals surface area contributed by atoms with Crippen LogP contribution in [0.4, 0.5) is 0 Å². The Kier molecular flexibility index (Phi) is 32.3. The van der Waals surface area contributed by atoms with E-state index in [9.17, 15) is 14.4 Å². The summed E-state index contributed by atoms with van der Waals surface area (Å²) in [5.74, 6) is 1.34. The van der Waals surface area contributed by atoms with Crippen LogP contribution in [0.2, 0.25) is 0 Å².